The molecule has 0 bridgehead atoms. The zero-order valence-electron chi connectivity index (χ0n) is 14.7. The third kappa shape index (κ3) is 4.09. The van der Waals surface area contributed by atoms with Gasteiger partial charge in [0.15, 0.2) is 0 Å². The Hall–Kier alpha value is -3.06. The van der Waals surface area contributed by atoms with E-state index in [-0.39, 0.29) is 5.88 Å². The second-order valence-corrected chi connectivity index (χ2v) is 7.23. The molecule has 0 fully saturated rings. The van der Waals surface area contributed by atoms with Gasteiger partial charge in [-0.1, -0.05) is 66.7 Å². The van der Waals surface area contributed by atoms with Crippen molar-refractivity contribution in [2.75, 3.05) is 0 Å². The van der Waals surface area contributed by atoms with Crippen LogP contribution in [0.1, 0.15) is 10.4 Å². The van der Waals surface area contributed by atoms with Crippen LogP contribution < -0.4 is 4.74 Å². The van der Waals surface area contributed by atoms with Gasteiger partial charge in [-0.15, -0.1) is 10.2 Å². The summed E-state index contributed by atoms with van der Waals surface area (Å²) in [6.45, 7) is 0. The molecule has 0 N–H and O–H groups in total. The monoisotopic (exact) mass is 478 g/mol. The summed E-state index contributed by atoms with van der Waals surface area (Å²) < 4.78 is 6.16. The molecule has 0 aliphatic heterocycles. The lowest BCUT2D eigenvalue weighted by molar-refractivity contribution is 0.0724. The van der Waals surface area contributed by atoms with E-state index in [2.05, 4.69) is 57.1 Å². The number of aromatic nitrogens is 2. The molecule has 0 aliphatic rings. The largest absolute Gasteiger partial charge is 0.402 e. The van der Waals surface area contributed by atoms with Gasteiger partial charge in [-0.25, -0.2) is 4.79 Å². The van der Waals surface area contributed by atoms with Crippen molar-refractivity contribution in [1.29, 1.82) is 0 Å². The van der Waals surface area contributed by atoms with Gasteiger partial charge in [-0.2, -0.15) is 0 Å². The van der Waals surface area contributed by atoms with E-state index in [1.165, 1.54) is 0 Å². The number of ether oxygens (including phenoxy) is 1. The molecule has 0 amide bonds. The Morgan fingerprint density at radius 2 is 1.32 bits per heavy atom. The van der Waals surface area contributed by atoms with E-state index >= 15 is 0 Å². The van der Waals surface area contributed by atoms with Gasteiger partial charge >= 0.3 is 5.97 Å². The number of carbonyl (C=O) groups excluding carboxylic acids is 1. The average molecular weight is 478 g/mol. The Bertz CT molecular complexity index is 1100. The van der Waals surface area contributed by atoms with E-state index in [9.17, 15) is 4.79 Å². The average Bonchev–Trinajstić information content (AvgIpc) is 2.75. The topological polar surface area (TPSA) is 52.1 Å². The van der Waals surface area contributed by atoms with Crippen LogP contribution in [-0.4, -0.2) is 16.2 Å². The van der Waals surface area contributed by atoms with Gasteiger partial charge in [-0.3, -0.25) is 0 Å². The highest BCUT2D eigenvalue weighted by Gasteiger charge is 2.13. The maximum atomic E-state index is 12.3. The van der Waals surface area contributed by atoms with Gasteiger partial charge in [0.05, 0.1) is 11.3 Å². The fourth-order valence-electron chi connectivity index (χ4n) is 2.77. The maximum Gasteiger partial charge on any atom is 0.345 e. The van der Waals surface area contributed by atoms with Gasteiger partial charge in [-0.05, 0) is 51.9 Å². The molecule has 0 unspecified atom stereocenters. The number of halogens is 1. The zero-order chi connectivity index (χ0) is 19.3. The summed E-state index contributed by atoms with van der Waals surface area (Å²) in [5.41, 5.74) is 4.47. The number of hydrogen-bond donors (Lipinski definition) is 0. The molecule has 0 radical (unpaired) electrons. The minimum Gasteiger partial charge on any atom is -0.402 e. The second-order valence-electron chi connectivity index (χ2n) is 6.07. The van der Waals surface area contributed by atoms with Crippen molar-refractivity contribution in [2.45, 2.75) is 0 Å². The molecule has 1 heterocycles. The van der Waals surface area contributed by atoms with Crippen LogP contribution in [0.5, 0.6) is 5.88 Å². The number of rotatable bonds is 4. The second kappa shape index (κ2) is 8.31. The van der Waals surface area contributed by atoms with E-state index in [0.29, 0.717) is 11.3 Å². The molecular formula is C23H15IN2O2. The number of benzene rings is 3. The molecule has 0 saturated heterocycles. The molecule has 5 heteroatoms. The quantitative estimate of drug-likeness (QED) is 0.282. The van der Waals surface area contributed by atoms with E-state index in [0.717, 1.165) is 20.3 Å². The minimum absolute atomic E-state index is 0.175. The summed E-state index contributed by atoms with van der Waals surface area (Å²) in [6.07, 6.45) is 0. The molecule has 4 nitrogen and oxygen atoms in total. The Morgan fingerprint density at radius 1 is 0.679 bits per heavy atom. The first kappa shape index (κ1) is 18.3. The Labute approximate surface area is 176 Å². The Morgan fingerprint density at radius 3 is 2.00 bits per heavy atom. The molecule has 3 aromatic carbocycles. The van der Waals surface area contributed by atoms with Crippen LogP contribution in [0.4, 0.5) is 0 Å². The van der Waals surface area contributed by atoms with Crippen LogP contribution in [0, 0.1) is 3.57 Å². The fraction of sp³-hybridized carbons (Fsp3) is 0. The molecule has 136 valence electrons. The number of carbonyl (C=O) groups is 1. The van der Waals surface area contributed by atoms with Gasteiger partial charge in [0.25, 0.3) is 0 Å². The van der Waals surface area contributed by atoms with Crippen molar-refractivity contribution in [3.8, 4) is 28.3 Å². The summed E-state index contributed by atoms with van der Waals surface area (Å²) in [4.78, 5) is 12.3. The molecule has 4 rings (SSSR count). The normalized spacial score (nSPS) is 10.5. The van der Waals surface area contributed by atoms with Crippen LogP contribution >= 0.6 is 22.6 Å². The smallest absolute Gasteiger partial charge is 0.345 e. The van der Waals surface area contributed by atoms with Crippen LogP contribution in [0.25, 0.3) is 22.4 Å². The van der Waals surface area contributed by atoms with Crippen molar-refractivity contribution in [2.24, 2.45) is 0 Å². The highest BCUT2D eigenvalue weighted by atomic mass is 127. The third-order valence-electron chi connectivity index (χ3n) is 4.22. The first-order valence-electron chi connectivity index (χ1n) is 8.67. The number of nitrogens with zero attached hydrogens (tertiary/aromatic N) is 2. The lowest BCUT2D eigenvalue weighted by Crippen LogP contribution is -2.11. The first-order valence-corrected chi connectivity index (χ1v) is 9.75. The molecule has 0 saturated carbocycles. The van der Waals surface area contributed by atoms with Crippen molar-refractivity contribution in [1.82, 2.24) is 10.2 Å². The highest BCUT2D eigenvalue weighted by molar-refractivity contribution is 14.1. The summed E-state index contributed by atoms with van der Waals surface area (Å²) in [5.74, 6) is -0.270. The number of esters is 1. The molecular weight excluding hydrogens is 463 g/mol. The van der Waals surface area contributed by atoms with Gasteiger partial charge < -0.3 is 4.74 Å². The summed E-state index contributed by atoms with van der Waals surface area (Å²) in [6, 6.07) is 29.0. The van der Waals surface area contributed by atoms with Gasteiger partial charge in [0.2, 0.25) is 5.88 Å². The summed E-state index contributed by atoms with van der Waals surface area (Å²) in [7, 11) is 0. The van der Waals surface area contributed by atoms with Crippen LogP contribution in [0.2, 0.25) is 0 Å². The first-order chi connectivity index (χ1) is 13.7. The number of hydrogen-bond acceptors (Lipinski definition) is 4. The van der Waals surface area contributed by atoms with E-state index in [1.54, 1.807) is 24.3 Å². The van der Waals surface area contributed by atoms with Crippen LogP contribution in [-0.2, 0) is 0 Å². The Balaban J connectivity index is 1.49. The lowest BCUT2D eigenvalue weighted by Gasteiger charge is -2.06. The van der Waals surface area contributed by atoms with Crippen molar-refractivity contribution in [3.63, 3.8) is 0 Å². The standard InChI is InChI=1S/C23H15IN2O2/c24-20-9-5-4-8-19(20)23(27)28-22-15-14-21(25-26-22)18-12-10-17(11-13-18)16-6-2-1-3-7-16/h1-15H. The predicted octanol–water partition coefficient (Wildman–Crippen LogP) is 5.63. The van der Waals surface area contributed by atoms with Crippen molar-refractivity contribution >= 4 is 28.6 Å². The van der Waals surface area contributed by atoms with Crippen LogP contribution in [0.3, 0.4) is 0 Å². The SMILES string of the molecule is O=C(Oc1ccc(-c2ccc(-c3ccccc3)cc2)nn1)c1ccccc1I. The van der Waals surface area contributed by atoms with Gasteiger partial charge in [0, 0.05) is 15.2 Å². The van der Waals surface area contributed by atoms with E-state index < -0.39 is 5.97 Å². The Kier molecular flexibility index (Phi) is 5.43. The molecule has 1 aromatic heterocycles. The van der Waals surface area contributed by atoms with E-state index in [4.69, 9.17) is 4.74 Å². The lowest BCUT2D eigenvalue weighted by atomic mass is 10.0. The molecule has 28 heavy (non-hydrogen) atoms. The predicted molar refractivity (Wildman–Crippen MR) is 117 cm³/mol. The van der Waals surface area contributed by atoms with Crippen LogP contribution in [0.15, 0.2) is 91.0 Å². The fourth-order valence-corrected chi connectivity index (χ4v) is 3.38. The highest BCUT2D eigenvalue weighted by Crippen LogP contribution is 2.24. The molecule has 0 spiro atoms. The molecule has 4 aromatic rings. The molecule has 0 aliphatic carbocycles. The summed E-state index contributed by atoms with van der Waals surface area (Å²) in [5, 5.41) is 8.23. The van der Waals surface area contributed by atoms with Crippen molar-refractivity contribution < 1.29 is 9.53 Å². The van der Waals surface area contributed by atoms with Gasteiger partial charge in [0.1, 0.15) is 0 Å². The minimum atomic E-state index is -0.445. The third-order valence-corrected chi connectivity index (χ3v) is 5.16. The molecule has 0 atom stereocenters. The van der Waals surface area contributed by atoms with E-state index in [1.807, 2.05) is 42.5 Å². The maximum absolute atomic E-state index is 12.3. The van der Waals surface area contributed by atoms with Crippen molar-refractivity contribution in [3.05, 3.63) is 100 Å². The zero-order valence-corrected chi connectivity index (χ0v) is 16.9. The summed E-state index contributed by atoms with van der Waals surface area (Å²) >= 11 is 2.10.